The topological polar surface area (TPSA) is 83.0 Å². The van der Waals surface area contributed by atoms with Crippen molar-refractivity contribution in [1.82, 2.24) is 10.1 Å². The van der Waals surface area contributed by atoms with Crippen molar-refractivity contribution < 1.29 is 9.32 Å². The third-order valence-electron chi connectivity index (χ3n) is 4.72. The van der Waals surface area contributed by atoms with E-state index in [0.717, 1.165) is 16.8 Å². The summed E-state index contributed by atoms with van der Waals surface area (Å²) in [5.74, 6) is 0.742. The molecule has 1 unspecified atom stereocenters. The molecular weight excluding hydrogens is 364 g/mol. The number of nitriles is 1. The van der Waals surface area contributed by atoms with Crippen LogP contribution in [0.15, 0.2) is 47.0 Å². The van der Waals surface area contributed by atoms with Crippen LogP contribution in [-0.2, 0) is 4.79 Å². The predicted molar refractivity (Wildman–Crippen MR) is 100 cm³/mol. The van der Waals surface area contributed by atoms with Crippen molar-refractivity contribution in [2.24, 2.45) is 0 Å². The molecule has 0 aliphatic carbocycles. The molecule has 3 aromatic rings. The molecule has 134 valence electrons. The van der Waals surface area contributed by atoms with E-state index in [1.165, 1.54) is 0 Å². The predicted octanol–water partition coefficient (Wildman–Crippen LogP) is 4.09. The van der Waals surface area contributed by atoms with Crippen molar-refractivity contribution >= 4 is 23.2 Å². The molecule has 7 heteroatoms. The van der Waals surface area contributed by atoms with E-state index in [1.807, 2.05) is 25.1 Å². The molecule has 1 aliphatic rings. The average molecular weight is 379 g/mol. The highest BCUT2D eigenvalue weighted by atomic mass is 35.5. The molecule has 4 rings (SSSR count). The van der Waals surface area contributed by atoms with Gasteiger partial charge in [0.05, 0.1) is 11.6 Å². The van der Waals surface area contributed by atoms with Crippen LogP contribution in [0.3, 0.4) is 0 Å². The molecule has 0 bridgehead atoms. The number of carbonyl (C=O) groups is 1. The Bertz CT molecular complexity index is 1050. The lowest BCUT2D eigenvalue weighted by atomic mass is 10.1. The number of nitrogens with zero attached hydrogens (tertiary/aromatic N) is 4. The van der Waals surface area contributed by atoms with Gasteiger partial charge in [0, 0.05) is 35.2 Å². The Morgan fingerprint density at radius 3 is 2.78 bits per heavy atom. The van der Waals surface area contributed by atoms with Crippen LogP contribution in [0.1, 0.15) is 29.3 Å². The van der Waals surface area contributed by atoms with Gasteiger partial charge in [-0.1, -0.05) is 22.8 Å². The number of carbonyl (C=O) groups excluding carboxylic acids is 1. The second-order valence-corrected chi connectivity index (χ2v) is 6.84. The maximum atomic E-state index is 12.5. The van der Waals surface area contributed by atoms with Crippen LogP contribution < -0.4 is 4.90 Å². The molecule has 27 heavy (non-hydrogen) atoms. The van der Waals surface area contributed by atoms with Gasteiger partial charge in [0.15, 0.2) is 5.82 Å². The molecule has 1 fully saturated rings. The lowest BCUT2D eigenvalue weighted by molar-refractivity contribution is -0.117. The molecule has 2 heterocycles. The Morgan fingerprint density at radius 2 is 2.04 bits per heavy atom. The Kier molecular flexibility index (Phi) is 4.38. The first-order valence-corrected chi connectivity index (χ1v) is 8.84. The summed E-state index contributed by atoms with van der Waals surface area (Å²) in [6, 6.07) is 14.5. The largest absolute Gasteiger partial charge is 0.334 e. The lowest BCUT2D eigenvalue weighted by Crippen LogP contribution is -2.25. The molecule has 2 aromatic carbocycles. The summed E-state index contributed by atoms with van der Waals surface area (Å²) in [4.78, 5) is 18.7. The molecule has 1 atom stereocenters. The number of halogens is 1. The maximum Gasteiger partial charge on any atom is 0.257 e. The monoisotopic (exact) mass is 378 g/mol. The summed E-state index contributed by atoms with van der Waals surface area (Å²) in [6.45, 7) is 2.38. The third kappa shape index (κ3) is 3.18. The van der Waals surface area contributed by atoms with Crippen LogP contribution in [0.5, 0.6) is 0 Å². The van der Waals surface area contributed by atoms with Crippen molar-refractivity contribution in [3.8, 4) is 17.5 Å². The molecule has 1 saturated heterocycles. The maximum absolute atomic E-state index is 12.5. The van der Waals surface area contributed by atoms with Crippen LogP contribution in [0.2, 0.25) is 5.02 Å². The standard InChI is InChI=1S/C20H15ClN4O2/c1-12-16(21)3-2-4-17(12)25-11-15(9-18(25)26)19-23-20(27-24-19)14-7-5-13(10-22)6-8-14/h2-8,15H,9,11H2,1H3. The minimum Gasteiger partial charge on any atom is -0.334 e. The number of hydrogen-bond donors (Lipinski definition) is 0. The van der Waals surface area contributed by atoms with Crippen molar-refractivity contribution in [2.75, 3.05) is 11.4 Å². The van der Waals surface area contributed by atoms with Gasteiger partial charge < -0.3 is 9.42 Å². The molecule has 0 spiro atoms. The van der Waals surface area contributed by atoms with Crippen molar-refractivity contribution in [2.45, 2.75) is 19.3 Å². The van der Waals surface area contributed by atoms with E-state index in [2.05, 4.69) is 16.2 Å². The summed E-state index contributed by atoms with van der Waals surface area (Å²) in [6.07, 6.45) is 0.318. The van der Waals surface area contributed by atoms with E-state index >= 15 is 0 Å². The Labute approximate surface area is 161 Å². The number of amides is 1. The number of anilines is 1. The fraction of sp³-hybridized carbons (Fsp3) is 0.200. The molecular formula is C20H15ClN4O2. The van der Waals surface area contributed by atoms with Crippen LogP contribution in [0.25, 0.3) is 11.5 Å². The lowest BCUT2D eigenvalue weighted by Gasteiger charge is -2.19. The number of benzene rings is 2. The smallest absolute Gasteiger partial charge is 0.257 e. The summed E-state index contributed by atoms with van der Waals surface area (Å²) in [5, 5.41) is 13.6. The summed E-state index contributed by atoms with van der Waals surface area (Å²) in [5.41, 5.74) is 2.98. The molecule has 0 N–H and O–H groups in total. The van der Waals surface area contributed by atoms with Gasteiger partial charge in [0.1, 0.15) is 0 Å². The number of rotatable bonds is 3. The Balaban J connectivity index is 1.57. The Hall–Kier alpha value is -3.17. The zero-order valence-corrected chi connectivity index (χ0v) is 15.3. The molecule has 0 saturated carbocycles. The van der Waals surface area contributed by atoms with Gasteiger partial charge >= 0.3 is 0 Å². The molecule has 6 nitrogen and oxygen atoms in total. The van der Waals surface area contributed by atoms with Gasteiger partial charge in [-0.2, -0.15) is 10.2 Å². The second-order valence-electron chi connectivity index (χ2n) is 6.44. The molecule has 1 aliphatic heterocycles. The number of hydrogen-bond acceptors (Lipinski definition) is 5. The van der Waals surface area contributed by atoms with E-state index in [1.54, 1.807) is 29.2 Å². The summed E-state index contributed by atoms with van der Waals surface area (Å²) < 4.78 is 5.36. The van der Waals surface area contributed by atoms with Crippen LogP contribution in [-0.4, -0.2) is 22.6 Å². The molecule has 1 aromatic heterocycles. The highest BCUT2D eigenvalue weighted by Gasteiger charge is 2.35. The van der Waals surface area contributed by atoms with Gasteiger partial charge in [-0.3, -0.25) is 4.79 Å². The van der Waals surface area contributed by atoms with Crippen LogP contribution in [0.4, 0.5) is 5.69 Å². The average Bonchev–Trinajstić information content (AvgIpc) is 3.31. The van der Waals surface area contributed by atoms with E-state index < -0.39 is 0 Å². The van der Waals surface area contributed by atoms with Crippen molar-refractivity contribution in [1.29, 1.82) is 5.26 Å². The summed E-state index contributed by atoms with van der Waals surface area (Å²) >= 11 is 6.19. The molecule has 0 radical (unpaired) electrons. The first kappa shape index (κ1) is 17.3. The first-order valence-electron chi connectivity index (χ1n) is 8.46. The minimum absolute atomic E-state index is 0.00934. The highest BCUT2D eigenvalue weighted by molar-refractivity contribution is 6.31. The summed E-state index contributed by atoms with van der Waals surface area (Å²) in [7, 11) is 0. The van der Waals surface area contributed by atoms with E-state index in [4.69, 9.17) is 21.4 Å². The fourth-order valence-corrected chi connectivity index (χ4v) is 3.38. The zero-order valence-electron chi connectivity index (χ0n) is 14.5. The van der Waals surface area contributed by atoms with Gasteiger partial charge in [0.25, 0.3) is 5.89 Å². The fourth-order valence-electron chi connectivity index (χ4n) is 3.21. The van der Waals surface area contributed by atoms with Crippen LogP contribution in [0, 0.1) is 18.3 Å². The van der Waals surface area contributed by atoms with E-state index in [9.17, 15) is 4.79 Å². The van der Waals surface area contributed by atoms with Gasteiger partial charge in [-0.15, -0.1) is 0 Å². The van der Waals surface area contributed by atoms with Gasteiger partial charge in [-0.05, 0) is 48.9 Å². The van der Waals surface area contributed by atoms with Crippen LogP contribution >= 0.6 is 11.6 Å². The number of aromatic nitrogens is 2. The van der Waals surface area contributed by atoms with E-state index in [-0.39, 0.29) is 11.8 Å². The van der Waals surface area contributed by atoms with E-state index in [0.29, 0.717) is 35.3 Å². The van der Waals surface area contributed by atoms with Gasteiger partial charge in [-0.25, -0.2) is 0 Å². The van der Waals surface area contributed by atoms with Crippen molar-refractivity contribution in [3.63, 3.8) is 0 Å². The van der Waals surface area contributed by atoms with Gasteiger partial charge in [0.2, 0.25) is 5.91 Å². The highest BCUT2D eigenvalue weighted by Crippen LogP contribution is 2.34. The normalized spacial score (nSPS) is 16.6. The van der Waals surface area contributed by atoms with Crippen molar-refractivity contribution in [3.05, 3.63) is 64.4 Å². The second kappa shape index (κ2) is 6.86. The first-order chi connectivity index (χ1) is 13.1. The molecule has 1 amide bonds. The zero-order chi connectivity index (χ0) is 19.0. The SMILES string of the molecule is Cc1c(Cl)cccc1N1CC(c2noc(-c3ccc(C#N)cc3)n2)CC1=O. The third-order valence-corrected chi connectivity index (χ3v) is 5.13. The quantitative estimate of drug-likeness (QED) is 0.685. The minimum atomic E-state index is -0.147. The Morgan fingerprint density at radius 1 is 1.26 bits per heavy atom.